The lowest BCUT2D eigenvalue weighted by atomic mass is 9.95. The molecular weight excluding hydrogens is 314 g/mol. The van der Waals surface area contributed by atoms with Crippen LogP contribution in [0.1, 0.15) is 36.5 Å². The number of nitrogens with zero attached hydrogens (tertiary/aromatic N) is 1. The lowest BCUT2D eigenvalue weighted by Gasteiger charge is -2.32. The molecule has 1 aliphatic heterocycles. The molecule has 2 nitrogen and oxygen atoms in total. The van der Waals surface area contributed by atoms with E-state index in [4.69, 9.17) is 11.6 Å². The minimum atomic E-state index is 0.116. The van der Waals surface area contributed by atoms with E-state index in [0.717, 1.165) is 30.4 Å². The fourth-order valence-corrected chi connectivity index (χ4v) is 2.89. The van der Waals surface area contributed by atoms with Gasteiger partial charge in [-0.1, -0.05) is 24.9 Å². The molecule has 0 bridgehead atoms. The molecule has 4 heteroatoms. The number of carbonyl (C=O) groups is 1. The number of piperidine rings is 1. The molecule has 1 aromatic rings. The molecular formula is C14H17BrClNO. The summed E-state index contributed by atoms with van der Waals surface area (Å²) in [7, 11) is 0. The Hall–Kier alpha value is -0.540. The lowest BCUT2D eigenvalue weighted by molar-refractivity contribution is 0.0671. The number of likely N-dealkylation sites (tertiary alicyclic amines) is 1. The van der Waals surface area contributed by atoms with Crippen LogP contribution in [0.25, 0.3) is 0 Å². The standard InChI is InChI=1S/C14H17BrClNO/c1-2-10-4-3-7-17(9-10)14(18)11-5-6-13(16)12(15)8-11/h5-6,8,10H,2-4,7,9H2,1H3. The Bertz CT molecular complexity index is 449. The minimum Gasteiger partial charge on any atom is -0.338 e. The molecule has 0 aliphatic carbocycles. The Morgan fingerprint density at radius 1 is 1.56 bits per heavy atom. The summed E-state index contributed by atoms with van der Waals surface area (Å²) in [6.45, 7) is 3.95. The Balaban J connectivity index is 2.12. The second-order valence-electron chi connectivity index (χ2n) is 4.80. The maximum atomic E-state index is 12.4. The van der Waals surface area contributed by atoms with Gasteiger partial charge < -0.3 is 4.90 Å². The van der Waals surface area contributed by atoms with Crippen LogP contribution in [0.15, 0.2) is 22.7 Å². The average molecular weight is 331 g/mol. The van der Waals surface area contributed by atoms with Gasteiger partial charge >= 0.3 is 0 Å². The van der Waals surface area contributed by atoms with Crippen LogP contribution in [-0.4, -0.2) is 23.9 Å². The summed E-state index contributed by atoms with van der Waals surface area (Å²) in [6, 6.07) is 5.37. The van der Waals surface area contributed by atoms with Gasteiger partial charge in [-0.15, -0.1) is 0 Å². The highest BCUT2D eigenvalue weighted by Crippen LogP contribution is 2.25. The highest BCUT2D eigenvalue weighted by Gasteiger charge is 2.23. The second-order valence-corrected chi connectivity index (χ2v) is 6.06. The Labute approximate surface area is 121 Å². The molecule has 0 radical (unpaired) electrons. The third kappa shape index (κ3) is 3.07. The van der Waals surface area contributed by atoms with Crippen molar-refractivity contribution in [1.29, 1.82) is 0 Å². The van der Waals surface area contributed by atoms with Crippen LogP contribution in [0.3, 0.4) is 0 Å². The first-order chi connectivity index (χ1) is 8.61. The predicted octanol–water partition coefficient (Wildman–Crippen LogP) is 4.36. The summed E-state index contributed by atoms with van der Waals surface area (Å²) in [5.41, 5.74) is 0.711. The molecule has 0 N–H and O–H groups in total. The molecule has 1 unspecified atom stereocenters. The van der Waals surface area contributed by atoms with Crippen molar-refractivity contribution >= 4 is 33.4 Å². The van der Waals surface area contributed by atoms with Gasteiger partial charge in [-0.3, -0.25) is 4.79 Å². The van der Waals surface area contributed by atoms with E-state index in [1.165, 1.54) is 6.42 Å². The van der Waals surface area contributed by atoms with Crippen LogP contribution in [0, 0.1) is 5.92 Å². The van der Waals surface area contributed by atoms with Crippen molar-refractivity contribution in [3.8, 4) is 0 Å². The van der Waals surface area contributed by atoms with Gasteiger partial charge in [0.05, 0.1) is 5.02 Å². The summed E-state index contributed by atoms with van der Waals surface area (Å²) in [4.78, 5) is 14.4. The number of amides is 1. The number of rotatable bonds is 2. The molecule has 0 spiro atoms. The zero-order chi connectivity index (χ0) is 13.1. The molecule has 1 heterocycles. The van der Waals surface area contributed by atoms with E-state index in [0.29, 0.717) is 16.5 Å². The number of halogens is 2. The van der Waals surface area contributed by atoms with Crippen molar-refractivity contribution < 1.29 is 4.79 Å². The van der Waals surface area contributed by atoms with Gasteiger partial charge in [0.2, 0.25) is 0 Å². The van der Waals surface area contributed by atoms with E-state index < -0.39 is 0 Å². The fourth-order valence-electron chi connectivity index (χ4n) is 2.39. The van der Waals surface area contributed by atoms with E-state index in [-0.39, 0.29) is 5.91 Å². The maximum absolute atomic E-state index is 12.4. The first-order valence-corrected chi connectivity index (χ1v) is 7.53. The van der Waals surface area contributed by atoms with Gasteiger partial charge in [0.15, 0.2) is 0 Å². The minimum absolute atomic E-state index is 0.116. The zero-order valence-corrected chi connectivity index (χ0v) is 12.8. The highest BCUT2D eigenvalue weighted by atomic mass is 79.9. The van der Waals surface area contributed by atoms with Gasteiger partial charge in [0, 0.05) is 23.1 Å². The summed E-state index contributed by atoms with van der Waals surface area (Å²) in [5.74, 6) is 0.768. The number of hydrogen-bond donors (Lipinski definition) is 0. The van der Waals surface area contributed by atoms with Crippen molar-refractivity contribution in [2.75, 3.05) is 13.1 Å². The van der Waals surface area contributed by atoms with Gasteiger partial charge in [-0.25, -0.2) is 0 Å². The predicted molar refractivity (Wildman–Crippen MR) is 78.1 cm³/mol. The highest BCUT2D eigenvalue weighted by molar-refractivity contribution is 9.10. The molecule has 1 saturated heterocycles. The summed E-state index contributed by atoms with van der Waals surface area (Å²) >= 11 is 9.31. The molecule has 18 heavy (non-hydrogen) atoms. The molecule has 1 fully saturated rings. The van der Waals surface area contributed by atoms with Gasteiger partial charge in [-0.05, 0) is 52.9 Å². The number of hydrogen-bond acceptors (Lipinski definition) is 1. The zero-order valence-electron chi connectivity index (χ0n) is 10.5. The quantitative estimate of drug-likeness (QED) is 0.788. The molecule has 98 valence electrons. The second kappa shape index (κ2) is 6.07. The Morgan fingerprint density at radius 2 is 2.33 bits per heavy atom. The van der Waals surface area contributed by atoms with Gasteiger partial charge in [0.1, 0.15) is 0 Å². The number of carbonyl (C=O) groups excluding carboxylic acids is 1. The summed E-state index contributed by atoms with van der Waals surface area (Å²) in [5, 5.41) is 0.636. The van der Waals surface area contributed by atoms with E-state index in [2.05, 4.69) is 22.9 Å². The first kappa shape index (κ1) is 13.9. The van der Waals surface area contributed by atoms with Crippen molar-refractivity contribution in [3.05, 3.63) is 33.3 Å². The monoisotopic (exact) mass is 329 g/mol. The van der Waals surface area contributed by atoms with Gasteiger partial charge in [-0.2, -0.15) is 0 Å². The normalized spacial score (nSPS) is 19.9. The molecule has 1 aliphatic rings. The summed E-state index contributed by atoms with van der Waals surface area (Å²) < 4.78 is 0.777. The number of benzene rings is 1. The van der Waals surface area contributed by atoms with Crippen molar-refractivity contribution in [3.63, 3.8) is 0 Å². The van der Waals surface area contributed by atoms with Crippen LogP contribution >= 0.6 is 27.5 Å². The van der Waals surface area contributed by atoms with Crippen LogP contribution in [0.2, 0.25) is 5.02 Å². The SMILES string of the molecule is CCC1CCCN(C(=O)c2ccc(Cl)c(Br)c2)C1. The maximum Gasteiger partial charge on any atom is 0.253 e. The largest absolute Gasteiger partial charge is 0.338 e. The van der Waals surface area contributed by atoms with Crippen molar-refractivity contribution in [2.24, 2.45) is 5.92 Å². The first-order valence-electron chi connectivity index (χ1n) is 6.36. The summed E-state index contributed by atoms with van der Waals surface area (Å²) in [6.07, 6.45) is 3.50. The van der Waals surface area contributed by atoms with Crippen LogP contribution in [0.5, 0.6) is 0 Å². The van der Waals surface area contributed by atoms with Crippen molar-refractivity contribution in [1.82, 2.24) is 4.90 Å². The van der Waals surface area contributed by atoms with E-state index in [9.17, 15) is 4.79 Å². The third-order valence-corrected chi connectivity index (χ3v) is 4.76. The molecule has 1 amide bonds. The topological polar surface area (TPSA) is 20.3 Å². The smallest absolute Gasteiger partial charge is 0.253 e. The van der Waals surface area contributed by atoms with Crippen LogP contribution in [-0.2, 0) is 0 Å². The Kier molecular flexibility index (Phi) is 4.68. The molecule has 2 rings (SSSR count). The Morgan fingerprint density at radius 3 is 3.00 bits per heavy atom. The molecule has 0 aromatic heterocycles. The van der Waals surface area contributed by atoms with E-state index in [1.807, 2.05) is 4.90 Å². The molecule has 1 aromatic carbocycles. The van der Waals surface area contributed by atoms with Gasteiger partial charge in [0.25, 0.3) is 5.91 Å². The molecule has 1 atom stereocenters. The lowest BCUT2D eigenvalue weighted by Crippen LogP contribution is -2.39. The van der Waals surface area contributed by atoms with Crippen LogP contribution in [0.4, 0.5) is 0 Å². The average Bonchev–Trinajstić information content (AvgIpc) is 2.41. The van der Waals surface area contributed by atoms with Crippen LogP contribution < -0.4 is 0 Å². The van der Waals surface area contributed by atoms with E-state index >= 15 is 0 Å². The molecule has 0 saturated carbocycles. The van der Waals surface area contributed by atoms with E-state index in [1.54, 1.807) is 18.2 Å². The van der Waals surface area contributed by atoms with Crippen molar-refractivity contribution in [2.45, 2.75) is 26.2 Å². The fraction of sp³-hybridized carbons (Fsp3) is 0.500. The third-order valence-electron chi connectivity index (χ3n) is 3.55.